The van der Waals surface area contributed by atoms with Crippen molar-refractivity contribution in [2.24, 2.45) is 11.8 Å². The standard InChI is InChI=1S/C20H20O/c1-14-18(15-8-4-2-5-9-15)20(13-12-17(21)19(14)20)16-10-6-3-7-11-16/h2-11,14,18-19H,12-13H2,1H3/t14-,18+,19-,20+/m0/s1. The molecule has 0 heterocycles. The molecule has 0 aromatic heterocycles. The third-order valence-corrected chi connectivity index (χ3v) is 5.76. The van der Waals surface area contributed by atoms with Crippen LogP contribution >= 0.6 is 0 Å². The van der Waals surface area contributed by atoms with E-state index in [-0.39, 0.29) is 11.3 Å². The second kappa shape index (κ2) is 4.56. The van der Waals surface area contributed by atoms with Crippen LogP contribution in [-0.4, -0.2) is 5.78 Å². The van der Waals surface area contributed by atoms with Gasteiger partial charge >= 0.3 is 0 Å². The van der Waals surface area contributed by atoms with Crippen molar-refractivity contribution in [1.82, 2.24) is 0 Å². The fraction of sp³-hybridized carbons (Fsp3) is 0.350. The highest BCUT2D eigenvalue weighted by atomic mass is 16.1. The predicted molar refractivity (Wildman–Crippen MR) is 84.2 cm³/mol. The molecule has 21 heavy (non-hydrogen) atoms. The first kappa shape index (κ1) is 12.8. The Morgan fingerprint density at radius 3 is 2.19 bits per heavy atom. The molecule has 0 N–H and O–H groups in total. The first-order valence-corrected chi connectivity index (χ1v) is 7.88. The van der Waals surface area contributed by atoms with Gasteiger partial charge < -0.3 is 0 Å². The molecule has 0 radical (unpaired) electrons. The number of ketones is 1. The molecule has 2 saturated carbocycles. The maximum Gasteiger partial charge on any atom is 0.137 e. The van der Waals surface area contributed by atoms with Gasteiger partial charge in [-0.25, -0.2) is 0 Å². The number of fused-ring (bicyclic) bond motifs is 1. The zero-order chi connectivity index (χ0) is 14.4. The number of hydrogen-bond donors (Lipinski definition) is 0. The van der Waals surface area contributed by atoms with Crippen molar-refractivity contribution < 1.29 is 4.79 Å². The van der Waals surface area contributed by atoms with Crippen molar-refractivity contribution in [1.29, 1.82) is 0 Å². The predicted octanol–water partition coefficient (Wildman–Crippen LogP) is 4.34. The number of Topliss-reactive ketones (excluding diaryl/α,β-unsaturated/α-hetero) is 1. The zero-order valence-electron chi connectivity index (χ0n) is 12.3. The van der Waals surface area contributed by atoms with Crippen LogP contribution in [0.5, 0.6) is 0 Å². The number of rotatable bonds is 2. The van der Waals surface area contributed by atoms with E-state index in [1.165, 1.54) is 11.1 Å². The molecule has 0 bridgehead atoms. The van der Waals surface area contributed by atoms with E-state index in [0.717, 1.165) is 12.8 Å². The van der Waals surface area contributed by atoms with Gasteiger partial charge in [0, 0.05) is 17.8 Å². The van der Waals surface area contributed by atoms with Gasteiger partial charge in [-0.2, -0.15) is 0 Å². The molecule has 0 unspecified atom stereocenters. The van der Waals surface area contributed by atoms with E-state index >= 15 is 0 Å². The Hall–Kier alpha value is -1.89. The number of carbonyl (C=O) groups excluding carboxylic acids is 1. The number of hydrogen-bond acceptors (Lipinski definition) is 1. The molecular weight excluding hydrogens is 256 g/mol. The second-order valence-electron chi connectivity index (χ2n) is 6.60. The van der Waals surface area contributed by atoms with E-state index in [1.54, 1.807) is 0 Å². The van der Waals surface area contributed by atoms with Crippen molar-refractivity contribution in [3.8, 4) is 0 Å². The first-order valence-electron chi connectivity index (χ1n) is 7.88. The van der Waals surface area contributed by atoms with Crippen molar-refractivity contribution in [2.75, 3.05) is 0 Å². The van der Waals surface area contributed by atoms with Crippen molar-refractivity contribution in [2.45, 2.75) is 31.1 Å². The molecule has 4 atom stereocenters. The quantitative estimate of drug-likeness (QED) is 0.797. The molecule has 1 heteroatoms. The summed E-state index contributed by atoms with van der Waals surface area (Å²) >= 11 is 0. The Kier molecular flexibility index (Phi) is 2.78. The van der Waals surface area contributed by atoms with E-state index in [2.05, 4.69) is 67.6 Å². The molecule has 0 spiro atoms. The van der Waals surface area contributed by atoms with Crippen molar-refractivity contribution in [3.63, 3.8) is 0 Å². The van der Waals surface area contributed by atoms with Gasteiger partial charge in [-0.05, 0) is 29.4 Å². The Bertz CT molecular complexity index is 661. The maximum atomic E-state index is 12.4. The van der Waals surface area contributed by atoms with Crippen LogP contribution in [0, 0.1) is 11.8 Å². The Morgan fingerprint density at radius 1 is 0.905 bits per heavy atom. The average molecular weight is 276 g/mol. The summed E-state index contributed by atoms with van der Waals surface area (Å²) in [6.45, 7) is 2.26. The minimum absolute atomic E-state index is 0.0408. The SMILES string of the molecule is C[C@@H]1[C@H]2C(=O)CC[C@@]2(c2ccccc2)[C@H]1c1ccccc1. The van der Waals surface area contributed by atoms with Crippen LogP contribution in [0.25, 0.3) is 0 Å². The fourth-order valence-corrected chi connectivity index (χ4v) is 5.10. The highest BCUT2D eigenvalue weighted by Crippen LogP contribution is 2.67. The van der Waals surface area contributed by atoms with Crippen LogP contribution in [0.2, 0.25) is 0 Å². The molecule has 2 fully saturated rings. The van der Waals surface area contributed by atoms with Crippen LogP contribution in [0.4, 0.5) is 0 Å². The molecule has 0 saturated heterocycles. The van der Waals surface area contributed by atoms with Gasteiger partial charge in [0.1, 0.15) is 5.78 Å². The Balaban J connectivity index is 1.86. The van der Waals surface area contributed by atoms with Gasteiger partial charge in [0.25, 0.3) is 0 Å². The summed E-state index contributed by atoms with van der Waals surface area (Å²) in [5.74, 6) is 1.60. The fourth-order valence-electron chi connectivity index (χ4n) is 5.10. The summed E-state index contributed by atoms with van der Waals surface area (Å²) in [5, 5.41) is 0. The minimum Gasteiger partial charge on any atom is -0.299 e. The highest BCUT2D eigenvalue weighted by Gasteiger charge is 2.66. The first-order chi connectivity index (χ1) is 10.2. The number of benzene rings is 2. The molecule has 2 aliphatic rings. The van der Waals surface area contributed by atoms with E-state index < -0.39 is 0 Å². The van der Waals surface area contributed by atoms with Crippen LogP contribution in [0.1, 0.15) is 36.8 Å². The molecule has 4 rings (SSSR count). The highest BCUT2D eigenvalue weighted by molar-refractivity contribution is 5.88. The summed E-state index contributed by atoms with van der Waals surface area (Å²) in [5.41, 5.74) is 2.78. The van der Waals surface area contributed by atoms with Gasteiger partial charge in [0.15, 0.2) is 0 Å². The van der Waals surface area contributed by atoms with Gasteiger partial charge in [-0.1, -0.05) is 67.6 Å². The molecule has 0 aliphatic heterocycles. The van der Waals surface area contributed by atoms with Crippen molar-refractivity contribution >= 4 is 5.78 Å². The molecule has 1 nitrogen and oxygen atoms in total. The summed E-state index contributed by atoms with van der Waals surface area (Å²) in [6, 6.07) is 21.5. The monoisotopic (exact) mass is 276 g/mol. The lowest BCUT2D eigenvalue weighted by atomic mass is 9.44. The third-order valence-electron chi connectivity index (χ3n) is 5.76. The lowest BCUT2D eigenvalue weighted by Crippen LogP contribution is -2.56. The van der Waals surface area contributed by atoms with E-state index in [9.17, 15) is 4.79 Å². The van der Waals surface area contributed by atoms with E-state index in [0.29, 0.717) is 17.6 Å². The van der Waals surface area contributed by atoms with Crippen LogP contribution in [0.3, 0.4) is 0 Å². The molecule has 2 aromatic carbocycles. The topological polar surface area (TPSA) is 17.1 Å². The molecular formula is C20H20O. The minimum atomic E-state index is 0.0408. The summed E-state index contributed by atoms with van der Waals surface area (Å²) in [6.07, 6.45) is 1.75. The largest absolute Gasteiger partial charge is 0.299 e. The van der Waals surface area contributed by atoms with Crippen LogP contribution in [-0.2, 0) is 10.2 Å². The van der Waals surface area contributed by atoms with Gasteiger partial charge in [-0.15, -0.1) is 0 Å². The lowest BCUT2D eigenvalue weighted by molar-refractivity contribution is -0.128. The average Bonchev–Trinajstić information content (AvgIpc) is 2.82. The smallest absolute Gasteiger partial charge is 0.137 e. The normalized spacial score (nSPS) is 34.3. The molecule has 2 aliphatic carbocycles. The molecule has 0 amide bonds. The van der Waals surface area contributed by atoms with E-state index in [4.69, 9.17) is 0 Å². The second-order valence-corrected chi connectivity index (χ2v) is 6.60. The van der Waals surface area contributed by atoms with Crippen LogP contribution in [0.15, 0.2) is 60.7 Å². The zero-order valence-corrected chi connectivity index (χ0v) is 12.3. The number of carbonyl (C=O) groups is 1. The van der Waals surface area contributed by atoms with Gasteiger partial charge in [0.05, 0.1) is 0 Å². The maximum absolute atomic E-state index is 12.4. The summed E-state index contributed by atoms with van der Waals surface area (Å²) < 4.78 is 0. The molecule has 2 aromatic rings. The van der Waals surface area contributed by atoms with Gasteiger partial charge in [0.2, 0.25) is 0 Å². The summed E-state index contributed by atoms with van der Waals surface area (Å²) in [4.78, 5) is 12.4. The van der Waals surface area contributed by atoms with Crippen LogP contribution < -0.4 is 0 Å². The van der Waals surface area contributed by atoms with Crippen molar-refractivity contribution in [3.05, 3.63) is 71.8 Å². The third kappa shape index (κ3) is 1.61. The van der Waals surface area contributed by atoms with E-state index in [1.807, 2.05) is 0 Å². The Labute approximate surface area is 126 Å². The lowest BCUT2D eigenvalue weighted by Gasteiger charge is -2.57. The molecule has 106 valence electrons. The Morgan fingerprint density at radius 2 is 1.52 bits per heavy atom. The van der Waals surface area contributed by atoms with Gasteiger partial charge in [-0.3, -0.25) is 4.79 Å². The summed E-state index contributed by atoms with van der Waals surface area (Å²) in [7, 11) is 0.